The molecule has 116 valence electrons. The van der Waals surface area contributed by atoms with Gasteiger partial charge in [0.25, 0.3) is 0 Å². The molecule has 1 aromatic carbocycles. The van der Waals surface area contributed by atoms with E-state index in [1.165, 1.54) is 11.6 Å². The summed E-state index contributed by atoms with van der Waals surface area (Å²) >= 11 is 0. The molecule has 2 rings (SSSR count). The third kappa shape index (κ3) is 3.99. The Morgan fingerprint density at radius 3 is 2.10 bits per heavy atom. The van der Waals surface area contributed by atoms with Crippen molar-refractivity contribution >= 4 is 20.7 Å². The normalized spacial score (nSPS) is 20.8. The van der Waals surface area contributed by atoms with E-state index in [2.05, 4.69) is 71.6 Å². The molecule has 0 saturated carbocycles. The van der Waals surface area contributed by atoms with Gasteiger partial charge in [0.15, 0.2) is 0 Å². The van der Waals surface area contributed by atoms with Crippen molar-refractivity contribution in [2.75, 3.05) is 0 Å². The zero-order chi connectivity index (χ0) is 15.9. The van der Waals surface area contributed by atoms with Gasteiger partial charge in [-0.25, -0.2) is 0 Å². The van der Waals surface area contributed by atoms with E-state index in [0.717, 1.165) is 11.9 Å². The Morgan fingerprint density at radius 1 is 1.00 bits per heavy atom. The van der Waals surface area contributed by atoms with Crippen LogP contribution in [0.15, 0.2) is 24.3 Å². The second kappa shape index (κ2) is 5.56. The van der Waals surface area contributed by atoms with Gasteiger partial charge in [-0.3, -0.25) is 0 Å². The van der Waals surface area contributed by atoms with Gasteiger partial charge in [0.05, 0.1) is 11.2 Å². The fraction of sp³-hybridized carbons (Fsp3) is 0.647. The van der Waals surface area contributed by atoms with Crippen LogP contribution in [0, 0.1) is 0 Å². The van der Waals surface area contributed by atoms with Crippen molar-refractivity contribution in [3.63, 3.8) is 0 Å². The minimum absolute atomic E-state index is 0.248. The van der Waals surface area contributed by atoms with Gasteiger partial charge in [0, 0.05) is 8.07 Å². The van der Waals surface area contributed by atoms with Crippen molar-refractivity contribution in [2.45, 2.75) is 71.0 Å². The lowest BCUT2D eigenvalue weighted by Crippen LogP contribution is -2.41. The first-order valence-corrected chi connectivity index (χ1v) is 11.7. The van der Waals surface area contributed by atoms with E-state index >= 15 is 0 Å². The Balaban J connectivity index is 2.12. The second-order valence-corrected chi connectivity index (χ2v) is 14.0. The summed E-state index contributed by atoms with van der Waals surface area (Å²) < 4.78 is 12.3. The Labute approximate surface area is 131 Å². The highest BCUT2D eigenvalue weighted by molar-refractivity contribution is 6.76. The fourth-order valence-corrected chi connectivity index (χ4v) is 3.43. The Bertz CT molecular complexity index is 490. The number of hydrogen-bond acceptors (Lipinski definition) is 2. The summed E-state index contributed by atoms with van der Waals surface area (Å²) in [5.41, 5.74) is 1.99. The molecule has 1 saturated heterocycles. The van der Waals surface area contributed by atoms with Crippen LogP contribution < -0.4 is 5.46 Å². The highest BCUT2D eigenvalue weighted by atomic mass is 28.3. The van der Waals surface area contributed by atoms with Crippen LogP contribution in [-0.2, 0) is 15.7 Å². The molecule has 0 unspecified atom stereocenters. The average molecular weight is 304 g/mol. The standard InChI is InChI=1S/C17H29BO2Si/c1-16(2)17(3,4)20-18(19-16)15-10-8-9-14(13-15)11-12-21(5,6)7/h8-10,13H,11-12H2,1-7H3. The zero-order valence-corrected chi connectivity index (χ0v) is 15.6. The molecule has 0 bridgehead atoms. The molecular formula is C17H29BO2Si. The van der Waals surface area contributed by atoms with Crippen molar-refractivity contribution in [3.05, 3.63) is 29.8 Å². The van der Waals surface area contributed by atoms with Gasteiger partial charge in [0.2, 0.25) is 0 Å². The summed E-state index contributed by atoms with van der Waals surface area (Å²) in [5, 5.41) is 0. The van der Waals surface area contributed by atoms with E-state index in [1.807, 2.05) is 0 Å². The maximum absolute atomic E-state index is 6.14. The van der Waals surface area contributed by atoms with E-state index in [0.29, 0.717) is 0 Å². The molecular weight excluding hydrogens is 275 g/mol. The number of rotatable bonds is 4. The van der Waals surface area contributed by atoms with E-state index in [1.54, 1.807) is 0 Å². The average Bonchev–Trinajstić information content (AvgIpc) is 2.56. The predicted octanol–water partition coefficient (Wildman–Crippen LogP) is 3.87. The summed E-state index contributed by atoms with van der Waals surface area (Å²) in [6.07, 6.45) is 1.16. The Hall–Kier alpha value is -0.578. The van der Waals surface area contributed by atoms with Crippen LogP contribution in [0.1, 0.15) is 33.3 Å². The van der Waals surface area contributed by atoms with E-state index in [9.17, 15) is 0 Å². The van der Waals surface area contributed by atoms with Crippen LogP contribution in [0.25, 0.3) is 0 Å². The number of hydrogen-bond donors (Lipinski definition) is 0. The van der Waals surface area contributed by atoms with Crippen LogP contribution in [0.4, 0.5) is 0 Å². The predicted molar refractivity (Wildman–Crippen MR) is 94.0 cm³/mol. The van der Waals surface area contributed by atoms with E-state index in [4.69, 9.17) is 9.31 Å². The van der Waals surface area contributed by atoms with Gasteiger partial charge in [-0.1, -0.05) is 50.0 Å². The van der Waals surface area contributed by atoms with Crippen molar-refractivity contribution in [2.24, 2.45) is 0 Å². The molecule has 1 aliphatic rings. The number of benzene rings is 1. The molecule has 0 aliphatic carbocycles. The molecule has 0 aromatic heterocycles. The lowest BCUT2D eigenvalue weighted by molar-refractivity contribution is 0.00578. The molecule has 1 fully saturated rings. The summed E-state index contributed by atoms with van der Waals surface area (Å²) in [6, 6.07) is 10.0. The SMILES string of the molecule is CC1(C)OB(c2cccc(CC[Si](C)(C)C)c2)OC1(C)C. The topological polar surface area (TPSA) is 18.5 Å². The van der Waals surface area contributed by atoms with Crippen molar-refractivity contribution in [1.82, 2.24) is 0 Å². The van der Waals surface area contributed by atoms with Gasteiger partial charge < -0.3 is 9.31 Å². The maximum atomic E-state index is 6.14. The highest BCUT2D eigenvalue weighted by Gasteiger charge is 2.51. The van der Waals surface area contributed by atoms with Crippen LogP contribution in [0.2, 0.25) is 25.7 Å². The lowest BCUT2D eigenvalue weighted by Gasteiger charge is -2.32. The summed E-state index contributed by atoms with van der Waals surface area (Å²) in [6.45, 7) is 15.7. The van der Waals surface area contributed by atoms with Gasteiger partial charge in [-0.05, 0) is 45.1 Å². The van der Waals surface area contributed by atoms with Crippen LogP contribution >= 0.6 is 0 Å². The van der Waals surface area contributed by atoms with Crippen LogP contribution in [0.5, 0.6) is 0 Å². The molecule has 1 aromatic rings. The Morgan fingerprint density at radius 2 is 1.57 bits per heavy atom. The van der Waals surface area contributed by atoms with Gasteiger partial charge >= 0.3 is 7.12 Å². The fourth-order valence-electron chi connectivity index (χ4n) is 2.39. The first-order valence-electron chi connectivity index (χ1n) is 7.95. The molecule has 0 N–H and O–H groups in total. The molecule has 0 radical (unpaired) electrons. The first kappa shape index (κ1) is 16.8. The largest absolute Gasteiger partial charge is 0.494 e. The molecule has 4 heteroatoms. The van der Waals surface area contributed by atoms with Crippen molar-refractivity contribution < 1.29 is 9.31 Å². The van der Waals surface area contributed by atoms with Crippen molar-refractivity contribution in [3.8, 4) is 0 Å². The summed E-state index contributed by atoms with van der Waals surface area (Å²) in [4.78, 5) is 0. The Kier molecular flexibility index (Phi) is 4.45. The third-order valence-corrected chi connectivity index (χ3v) is 6.39. The minimum atomic E-state index is -0.997. The molecule has 0 atom stereocenters. The molecule has 2 nitrogen and oxygen atoms in total. The third-order valence-electron chi connectivity index (χ3n) is 4.64. The molecule has 1 heterocycles. The van der Waals surface area contributed by atoms with E-state index in [-0.39, 0.29) is 18.3 Å². The van der Waals surface area contributed by atoms with E-state index < -0.39 is 8.07 Å². The monoisotopic (exact) mass is 304 g/mol. The quantitative estimate of drug-likeness (QED) is 0.786. The molecule has 0 spiro atoms. The van der Waals surface area contributed by atoms with Gasteiger partial charge in [-0.2, -0.15) is 0 Å². The highest BCUT2D eigenvalue weighted by Crippen LogP contribution is 2.36. The first-order chi connectivity index (χ1) is 9.50. The minimum Gasteiger partial charge on any atom is -0.399 e. The molecule has 21 heavy (non-hydrogen) atoms. The van der Waals surface area contributed by atoms with Crippen molar-refractivity contribution in [1.29, 1.82) is 0 Å². The smallest absolute Gasteiger partial charge is 0.399 e. The zero-order valence-electron chi connectivity index (χ0n) is 14.6. The van der Waals surface area contributed by atoms with Gasteiger partial charge in [-0.15, -0.1) is 0 Å². The molecule has 1 aliphatic heterocycles. The van der Waals surface area contributed by atoms with Crippen LogP contribution in [-0.4, -0.2) is 26.4 Å². The van der Waals surface area contributed by atoms with Gasteiger partial charge in [0.1, 0.15) is 0 Å². The second-order valence-electron chi connectivity index (χ2n) is 8.39. The molecule has 0 amide bonds. The number of aryl methyl sites for hydroxylation is 1. The summed E-state index contributed by atoms with van der Waals surface area (Å²) in [7, 11) is -1.25. The van der Waals surface area contributed by atoms with Crippen LogP contribution in [0.3, 0.4) is 0 Å². The maximum Gasteiger partial charge on any atom is 0.494 e. The lowest BCUT2D eigenvalue weighted by atomic mass is 9.78. The summed E-state index contributed by atoms with van der Waals surface area (Å²) in [5.74, 6) is 0.